The Morgan fingerprint density at radius 3 is 3.00 bits per heavy atom. The van der Waals surface area contributed by atoms with Gasteiger partial charge >= 0.3 is 0 Å². The van der Waals surface area contributed by atoms with E-state index in [0.717, 1.165) is 44.4 Å². The van der Waals surface area contributed by atoms with Gasteiger partial charge in [0.15, 0.2) is 0 Å². The van der Waals surface area contributed by atoms with Gasteiger partial charge in [-0.3, -0.25) is 4.79 Å². The number of hydrogen-bond acceptors (Lipinski definition) is 3. The van der Waals surface area contributed by atoms with Crippen LogP contribution < -0.4 is 0 Å². The summed E-state index contributed by atoms with van der Waals surface area (Å²) in [6, 6.07) is 2.06. The van der Waals surface area contributed by atoms with Crippen LogP contribution in [0.5, 0.6) is 0 Å². The summed E-state index contributed by atoms with van der Waals surface area (Å²) >= 11 is 0. The zero-order valence-corrected chi connectivity index (χ0v) is 10.7. The second kappa shape index (κ2) is 5.22. The molecule has 1 aromatic rings. The van der Waals surface area contributed by atoms with E-state index in [4.69, 9.17) is 4.74 Å². The molecule has 1 saturated carbocycles. The van der Waals surface area contributed by atoms with E-state index in [1.54, 1.807) is 0 Å². The number of carbonyl (C=O) groups is 1. The summed E-state index contributed by atoms with van der Waals surface area (Å²) in [5, 5.41) is 4.63. The molecule has 4 heteroatoms. The van der Waals surface area contributed by atoms with E-state index in [1.165, 1.54) is 6.42 Å². The molecular weight excluding hydrogens is 228 g/mol. The predicted octanol–water partition coefficient (Wildman–Crippen LogP) is 2.81. The summed E-state index contributed by atoms with van der Waals surface area (Å²) in [6.07, 6.45) is 9.04. The Balaban J connectivity index is 1.70. The number of Topliss-reactive ketones (excluding diaryl/α,β-unsaturated/α-hetero) is 1. The second-order valence-corrected chi connectivity index (χ2v) is 5.37. The van der Waals surface area contributed by atoms with Gasteiger partial charge in [-0.05, 0) is 38.2 Å². The molecule has 0 radical (unpaired) electrons. The van der Waals surface area contributed by atoms with Crippen LogP contribution in [0, 0.1) is 0 Å². The standard InChI is InChI=1S/C14H20N2O2/c17-12-5-3-4-11(10-12)13-7-8-16(15-13)14-6-1-2-9-18-14/h7-8,11,14H,1-6,9-10H2. The van der Waals surface area contributed by atoms with Gasteiger partial charge in [0.25, 0.3) is 0 Å². The minimum Gasteiger partial charge on any atom is -0.357 e. The molecule has 2 aliphatic rings. The molecule has 0 amide bonds. The Morgan fingerprint density at radius 2 is 2.22 bits per heavy atom. The largest absolute Gasteiger partial charge is 0.357 e. The highest BCUT2D eigenvalue weighted by Gasteiger charge is 2.24. The van der Waals surface area contributed by atoms with Gasteiger partial charge in [0.2, 0.25) is 0 Å². The van der Waals surface area contributed by atoms with Crippen molar-refractivity contribution in [3.05, 3.63) is 18.0 Å². The van der Waals surface area contributed by atoms with E-state index in [1.807, 2.05) is 10.9 Å². The number of ether oxygens (including phenoxy) is 1. The van der Waals surface area contributed by atoms with Crippen LogP contribution in [0.3, 0.4) is 0 Å². The van der Waals surface area contributed by atoms with E-state index in [9.17, 15) is 4.79 Å². The molecule has 1 aliphatic carbocycles. The predicted molar refractivity (Wildman–Crippen MR) is 67.3 cm³/mol. The van der Waals surface area contributed by atoms with Gasteiger partial charge in [0.05, 0.1) is 5.69 Å². The first-order valence-corrected chi connectivity index (χ1v) is 7.01. The smallest absolute Gasteiger partial charge is 0.150 e. The van der Waals surface area contributed by atoms with Crippen molar-refractivity contribution in [3.63, 3.8) is 0 Å². The fraction of sp³-hybridized carbons (Fsp3) is 0.714. The first-order chi connectivity index (χ1) is 8.83. The first-order valence-electron chi connectivity index (χ1n) is 7.01. The average Bonchev–Trinajstić information content (AvgIpc) is 2.89. The summed E-state index contributed by atoms with van der Waals surface area (Å²) in [7, 11) is 0. The monoisotopic (exact) mass is 248 g/mol. The zero-order valence-electron chi connectivity index (χ0n) is 10.7. The van der Waals surface area contributed by atoms with Crippen molar-refractivity contribution < 1.29 is 9.53 Å². The van der Waals surface area contributed by atoms with Gasteiger partial charge in [0, 0.05) is 31.6 Å². The maximum absolute atomic E-state index is 11.5. The molecule has 1 aliphatic heterocycles. The van der Waals surface area contributed by atoms with Gasteiger partial charge in [-0.25, -0.2) is 4.68 Å². The molecule has 0 aromatic carbocycles. The molecule has 2 unspecified atom stereocenters. The molecule has 2 fully saturated rings. The Hall–Kier alpha value is -1.16. The number of ketones is 1. The molecule has 98 valence electrons. The number of carbonyl (C=O) groups excluding carboxylic acids is 1. The van der Waals surface area contributed by atoms with Crippen LogP contribution in [-0.2, 0) is 9.53 Å². The van der Waals surface area contributed by atoms with E-state index < -0.39 is 0 Å². The maximum Gasteiger partial charge on any atom is 0.150 e. The zero-order chi connectivity index (χ0) is 12.4. The molecule has 3 rings (SSSR count). The Kier molecular flexibility index (Phi) is 3.46. The van der Waals surface area contributed by atoms with Crippen molar-refractivity contribution in [3.8, 4) is 0 Å². The number of hydrogen-bond donors (Lipinski definition) is 0. The van der Waals surface area contributed by atoms with Crippen LogP contribution in [0.15, 0.2) is 12.3 Å². The summed E-state index contributed by atoms with van der Waals surface area (Å²) in [6.45, 7) is 0.835. The molecular formula is C14H20N2O2. The van der Waals surface area contributed by atoms with Crippen molar-refractivity contribution in [2.45, 2.75) is 57.1 Å². The summed E-state index contributed by atoms with van der Waals surface area (Å²) < 4.78 is 7.66. The maximum atomic E-state index is 11.5. The van der Waals surface area contributed by atoms with Crippen molar-refractivity contribution in [2.24, 2.45) is 0 Å². The lowest BCUT2D eigenvalue weighted by atomic mass is 9.86. The van der Waals surface area contributed by atoms with E-state index >= 15 is 0 Å². The quantitative estimate of drug-likeness (QED) is 0.808. The third kappa shape index (κ3) is 2.48. The Labute approximate surface area is 107 Å². The van der Waals surface area contributed by atoms with Crippen LogP contribution in [0.1, 0.15) is 62.8 Å². The Bertz CT molecular complexity index is 421. The third-order valence-corrected chi connectivity index (χ3v) is 3.98. The number of rotatable bonds is 2. The van der Waals surface area contributed by atoms with Crippen LogP contribution in [-0.4, -0.2) is 22.2 Å². The van der Waals surface area contributed by atoms with Crippen LogP contribution in [0.25, 0.3) is 0 Å². The fourth-order valence-corrected chi connectivity index (χ4v) is 2.94. The van der Waals surface area contributed by atoms with Crippen LogP contribution >= 0.6 is 0 Å². The topological polar surface area (TPSA) is 44.1 Å². The van der Waals surface area contributed by atoms with Crippen molar-refractivity contribution in [2.75, 3.05) is 6.61 Å². The van der Waals surface area contributed by atoms with Crippen LogP contribution in [0.2, 0.25) is 0 Å². The molecule has 18 heavy (non-hydrogen) atoms. The van der Waals surface area contributed by atoms with E-state index in [2.05, 4.69) is 11.2 Å². The molecule has 1 aromatic heterocycles. The summed E-state index contributed by atoms with van der Waals surface area (Å²) in [4.78, 5) is 11.5. The lowest BCUT2D eigenvalue weighted by Crippen LogP contribution is -2.19. The summed E-state index contributed by atoms with van der Waals surface area (Å²) in [5.41, 5.74) is 1.07. The molecule has 4 nitrogen and oxygen atoms in total. The van der Waals surface area contributed by atoms with Gasteiger partial charge in [-0.15, -0.1) is 0 Å². The minimum atomic E-state index is 0.104. The molecule has 0 bridgehead atoms. The SMILES string of the molecule is O=C1CCCC(c2ccn(C3CCCCO3)n2)C1. The highest BCUT2D eigenvalue weighted by atomic mass is 16.5. The van der Waals surface area contributed by atoms with Gasteiger partial charge < -0.3 is 4.74 Å². The van der Waals surface area contributed by atoms with Gasteiger partial charge in [0.1, 0.15) is 12.0 Å². The first kappa shape index (κ1) is 11.9. The molecule has 0 N–H and O–H groups in total. The normalized spacial score (nSPS) is 29.4. The highest BCUT2D eigenvalue weighted by molar-refractivity contribution is 5.79. The molecule has 2 heterocycles. The van der Waals surface area contributed by atoms with E-state index in [0.29, 0.717) is 18.1 Å². The van der Waals surface area contributed by atoms with Crippen molar-refractivity contribution >= 4 is 5.78 Å². The van der Waals surface area contributed by atoms with Crippen LogP contribution in [0.4, 0.5) is 0 Å². The second-order valence-electron chi connectivity index (χ2n) is 5.37. The lowest BCUT2D eigenvalue weighted by molar-refractivity contribution is -0.120. The third-order valence-electron chi connectivity index (χ3n) is 3.98. The highest BCUT2D eigenvalue weighted by Crippen LogP contribution is 2.31. The molecule has 1 saturated heterocycles. The minimum absolute atomic E-state index is 0.104. The average molecular weight is 248 g/mol. The van der Waals surface area contributed by atoms with Gasteiger partial charge in [-0.1, -0.05) is 0 Å². The van der Waals surface area contributed by atoms with E-state index in [-0.39, 0.29) is 6.23 Å². The van der Waals surface area contributed by atoms with Crippen molar-refractivity contribution in [1.29, 1.82) is 0 Å². The number of nitrogens with zero attached hydrogens (tertiary/aromatic N) is 2. The fourth-order valence-electron chi connectivity index (χ4n) is 2.94. The number of aromatic nitrogens is 2. The summed E-state index contributed by atoms with van der Waals surface area (Å²) in [5.74, 6) is 0.714. The molecule has 2 atom stereocenters. The Morgan fingerprint density at radius 1 is 1.28 bits per heavy atom. The lowest BCUT2D eigenvalue weighted by Gasteiger charge is -2.23. The van der Waals surface area contributed by atoms with Gasteiger partial charge in [-0.2, -0.15) is 5.10 Å². The van der Waals surface area contributed by atoms with Crippen molar-refractivity contribution in [1.82, 2.24) is 9.78 Å². The molecule has 0 spiro atoms.